The fourth-order valence-electron chi connectivity index (χ4n) is 3.40. The Bertz CT molecular complexity index is 1040. The molecular weight excluding hydrogens is 394 g/mol. The summed E-state index contributed by atoms with van der Waals surface area (Å²) in [7, 11) is 0. The summed E-state index contributed by atoms with van der Waals surface area (Å²) in [6.45, 7) is 7.65. The lowest BCUT2D eigenvalue weighted by Gasteiger charge is -2.32. The fourth-order valence-corrected chi connectivity index (χ4v) is 3.61. The number of H-pyrrole nitrogens is 1. The van der Waals surface area contributed by atoms with Crippen LogP contribution in [0.4, 0.5) is 17.5 Å². The van der Waals surface area contributed by atoms with Crippen LogP contribution in [0.3, 0.4) is 0 Å². The van der Waals surface area contributed by atoms with E-state index in [0.29, 0.717) is 34.5 Å². The van der Waals surface area contributed by atoms with Gasteiger partial charge in [-0.05, 0) is 25.8 Å². The van der Waals surface area contributed by atoms with Crippen LogP contribution in [0.15, 0.2) is 25.0 Å². The minimum absolute atomic E-state index is 0.0346. The van der Waals surface area contributed by atoms with Crippen molar-refractivity contribution in [3.63, 3.8) is 0 Å². The number of carbonyl (C=O) groups is 1. The fraction of sp³-hybridized carbons (Fsp3) is 0.389. The Morgan fingerprint density at radius 1 is 1.48 bits per heavy atom. The average molecular weight is 416 g/mol. The summed E-state index contributed by atoms with van der Waals surface area (Å²) in [5.74, 6) is 0.881. The minimum Gasteiger partial charge on any atom is -0.365 e. The Balaban J connectivity index is 1.61. The third-order valence-electron chi connectivity index (χ3n) is 4.83. The molecule has 4 rings (SSSR count). The van der Waals surface area contributed by atoms with Crippen molar-refractivity contribution in [1.29, 1.82) is 0 Å². The highest BCUT2D eigenvalue weighted by molar-refractivity contribution is 6.35. The molecule has 1 unspecified atom stereocenters. The second-order valence-corrected chi connectivity index (χ2v) is 7.19. The molecule has 3 N–H and O–H groups in total. The number of aromatic nitrogens is 6. The van der Waals surface area contributed by atoms with Crippen LogP contribution in [0, 0.1) is 0 Å². The molecule has 3 aromatic heterocycles. The molecule has 1 atom stereocenters. The van der Waals surface area contributed by atoms with Gasteiger partial charge in [-0.1, -0.05) is 18.2 Å². The van der Waals surface area contributed by atoms with E-state index in [-0.39, 0.29) is 11.9 Å². The largest absolute Gasteiger partial charge is 0.365 e. The molecule has 1 amide bonds. The van der Waals surface area contributed by atoms with E-state index in [1.54, 1.807) is 15.8 Å². The SMILES string of the molecule is C=CC(=O)N1CCCC(Nc2nc(Nc3cnn(CC)c3)nc3n[nH]c(Cl)c23)C1. The van der Waals surface area contributed by atoms with Crippen LogP contribution in [0.2, 0.25) is 5.15 Å². The Morgan fingerprint density at radius 2 is 2.34 bits per heavy atom. The van der Waals surface area contributed by atoms with Gasteiger partial charge >= 0.3 is 0 Å². The second-order valence-electron chi connectivity index (χ2n) is 6.81. The first kappa shape index (κ1) is 19.2. The van der Waals surface area contributed by atoms with Gasteiger partial charge in [-0.25, -0.2) is 0 Å². The van der Waals surface area contributed by atoms with Gasteiger partial charge in [-0.15, -0.1) is 0 Å². The smallest absolute Gasteiger partial charge is 0.246 e. The number of amides is 1. The van der Waals surface area contributed by atoms with Crippen molar-refractivity contribution >= 4 is 46.0 Å². The number of anilines is 3. The maximum absolute atomic E-state index is 12.0. The van der Waals surface area contributed by atoms with Crippen molar-refractivity contribution < 1.29 is 4.79 Å². The maximum atomic E-state index is 12.0. The summed E-state index contributed by atoms with van der Waals surface area (Å²) < 4.78 is 1.80. The summed E-state index contributed by atoms with van der Waals surface area (Å²) in [4.78, 5) is 22.8. The molecule has 0 spiro atoms. The van der Waals surface area contributed by atoms with E-state index in [1.165, 1.54) is 6.08 Å². The zero-order valence-corrected chi connectivity index (χ0v) is 16.8. The molecule has 152 valence electrons. The van der Waals surface area contributed by atoms with Gasteiger partial charge in [0.25, 0.3) is 0 Å². The van der Waals surface area contributed by atoms with Crippen LogP contribution in [0.5, 0.6) is 0 Å². The lowest BCUT2D eigenvalue weighted by atomic mass is 10.1. The van der Waals surface area contributed by atoms with E-state index in [4.69, 9.17) is 11.6 Å². The molecule has 1 saturated heterocycles. The topological polar surface area (TPSA) is 117 Å². The highest BCUT2D eigenvalue weighted by atomic mass is 35.5. The van der Waals surface area contributed by atoms with Gasteiger partial charge in [-0.2, -0.15) is 20.2 Å². The first-order chi connectivity index (χ1) is 14.1. The molecule has 29 heavy (non-hydrogen) atoms. The summed E-state index contributed by atoms with van der Waals surface area (Å²) in [5.41, 5.74) is 1.23. The normalized spacial score (nSPS) is 16.8. The number of aryl methyl sites for hydroxylation is 1. The quantitative estimate of drug-likeness (QED) is 0.529. The molecule has 3 aromatic rings. The molecule has 0 saturated carbocycles. The molecule has 0 aliphatic carbocycles. The number of halogens is 1. The highest BCUT2D eigenvalue weighted by Crippen LogP contribution is 2.29. The summed E-state index contributed by atoms with van der Waals surface area (Å²) >= 11 is 6.28. The van der Waals surface area contributed by atoms with Crippen LogP contribution in [-0.2, 0) is 11.3 Å². The first-order valence-electron chi connectivity index (χ1n) is 9.46. The highest BCUT2D eigenvalue weighted by Gasteiger charge is 2.24. The average Bonchev–Trinajstić information content (AvgIpc) is 3.34. The van der Waals surface area contributed by atoms with Gasteiger partial charge in [0.2, 0.25) is 11.9 Å². The van der Waals surface area contributed by atoms with Crippen molar-refractivity contribution in [2.24, 2.45) is 0 Å². The second kappa shape index (κ2) is 8.08. The lowest BCUT2D eigenvalue weighted by Crippen LogP contribution is -2.44. The number of likely N-dealkylation sites (tertiary alicyclic amines) is 1. The molecule has 0 radical (unpaired) electrons. The predicted molar refractivity (Wildman–Crippen MR) is 111 cm³/mol. The zero-order chi connectivity index (χ0) is 20.4. The molecule has 1 aliphatic heterocycles. The Morgan fingerprint density at radius 3 is 3.10 bits per heavy atom. The van der Waals surface area contributed by atoms with Crippen LogP contribution >= 0.6 is 11.6 Å². The van der Waals surface area contributed by atoms with E-state index in [9.17, 15) is 4.79 Å². The predicted octanol–water partition coefficient (Wildman–Crippen LogP) is 2.56. The number of piperidine rings is 1. The van der Waals surface area contributed by atoms with E-state index >= 15 is 0 Å². The van der Waals surface area contributed by atoms with E-state index in [0.717, 1.165) is 31.6 Å². The van der Waals surface area contributed by atoms with Crippen molar-refractivity contribution in [1.82, 2.24) is 34.8 Å². The molecule has 4 heterocycles. The molecule has 1 aliphatic rings. The van der Waals surface area contributed by atoms with E-state index in [1.807, 2.05) is 13.1 Å². The lowest BCUT2D eigenvalue weighted by molar-refractivity contribution is -0.127. The number of hydrogen-bond acceptors (Lipinski definition) is 7. The van der Waals surface area contributed by atoms with Crippen molar-refractivity contribution in [3.8, 4) is 0 Å². The number of fused-ring (bicyclic) bond motifs is 1. The van der Waals surface area contributed by atoms with Gasteiger partial charge in [0.1, 0.15) is 16.4 Å². The van der Waals surface area contributed by atoms with Crippen molar-refractivity contribution in [2.45, 2.75) is 32.4 Å². The molecule has 1 fully saturated rings. The first-order valence-corrected chi connectivity index (χ1v) is 9.84. The molecule has 10 nitrogen and oxygen atoms in total. The third kappa shape index (κ3) is 4.02. The minimum atomic E-state index is -0.0685. The van der Waals surface area contributed by atoms with E-state index < -0.39 is 0 Å². The molecule has 0 aromatic carbocycles. The molecule has 11 heteroatoms. The van der Waals surface area contributed by atoms with Gasteiger partial charge in [-0.3, -0.25) is 14.6 Å². The van der Waals surface area contributed by atoms with Gasteiger partial charge in [0, 0.05) is 31.9 Å². The zero-order valence-electron chi connectivity index (χ0n) is 16.0. The number of hydrogen-bond donors (Lipinski definition) is 3. The number of nitrogens with zero attached hydrogens (tertiary/aromatic N) is 6. The number of nitrogens with one attached hydrogen (secondary N) is 3. The number of aromatic amines is 1. The number of rotatable bonds is 6. The monoisotopic (exact) mass is 415 g/mol. The van der Waals surface area contributed by atoms with E-state index in [2.05, 4.69) is 42.5 Å². The standard InChI is InChI=1S/C18H22ClN9O/c1-3-13(29)27-7-5-6-11(9-27)21-16-14-15(19)25-26-17(14)24-18(23-16)22-12-8-20-28(4-2)10-12/h3,8,10-11H,1,4-7,9H2,2H3,(H3,21,22,23,24,25,26). The Labute approximate surface area is 172 Å². The molecular formula is C18H22ClN9O. The summed E-state index contributed by atoms with van der Waals surface area (Å²) in [6, 6.07) is 0.0346. The number of carbonyl (C=O) groups excluding carboxylic acids is 1. The molecule has 0 bridgehead atoms. The van der Waals surface area contributed by atoms with Gasteiger partial charge in [0.05, 0.1) is 11.9 Å². The van der Waals surface area contributed by atoms with Crippen molar-refractivity contribution in [3.05, 3.63) is 30.2 Å². The van der Waals surface area contributed by atoms with Crippen molar-refractivity contribution in [2.75, 3.05) is 23.7 Å². The van der Waals surface area contributed by atoms with Gasteiger partial charge in [0.15, 0.2) is 5.65 Å². The van der Waals surface area contributed by atoms with Crippen LogP contribution in [0.25, 0.3) is 11.0 Å². The summed E-state index contributed by atoms with van der Waals surface area (Å²) in [5, 5.41) is 18.7. The third-order valence-corrected chi connectivity index (χ3v) is 5.10. The Kier molecular flexibility index (Phi) is 5.34. The van der Waals surface area contributed by atoms with Gasteiger partial charge < -0.3 is 15.5 Å². The van der Waals surface area contributed by atoms with Crippen LogP contribution in [0.1, 0.15) is 19.8 Å². The van der Waals surface area contributed by atoms with Crippen LogP contribution in [-0.4, -0.2) is 59.9 Å². The van der Waals surface area contributed by atoms with Crippen LogP contribution < -0.4 is 10.6 Å². The summed E-state index contributed by atoms with van der Waals surface area (Å²) in [6.07, 6.45) is 6.73. The Hall–Kier alpha value is -3.14. The maximum Gasteiger partial charge on any atom is 0.246 e.